The number of carbonyl (C=O) groups is 2. The van der Waals surface area contributed by atoms with E-state index in [9.17, 15) is 19.1 Å². The maximum atomic E-state index is 14.0. The lowest BCUT2D eigenvalue weighted by molar-refractivity contribution is -0.134. The summed E-state index contributed by atoms with van der Waals surface area (Å²) in [5, 5.41) is 12.5. The lowest BCUT2D eigenvalue weighted by Crippen LogP contribution is -2.53. The maximum absolute atomic E-state index is 14.0. The van der Waals surface area contributed by atoms with E-state index in [2.05, 4.69) is 10.2 Å². The van der Waals surface area contributed by atoms with E-state index in [1.165, 1.54) is 23.1 Å². The molecule has 2 saturated heterocycles. The summed E-state index contributed by atoms with van der Waals surface area (Å²) >= 11 is 0. The van der Waals surface area contributed by atoms with E-state index < -0.39 is 23.0 Å². The zero-order chi connectivity index (χ0) is 21.5. The van der Waals surface area contributed by atoms with Gasteiger partial charge in [-0.2, -0.15) is 0 Å². The Morgan fingerprint density at radius 1 is 1.20 bits per heavy atom. The molecule has 3 amide bonds. The minimum absolute atomic E-state index is 0.195. The number of nitrogens with one attached hydrogen (secondary N) is 1. The predicted octanol–water partition coefficient (Wildman–Crippen LogP) is 2.37. The van der Waals surface area contributed by atoms with Gasteiger partial charge in [0.25, 0.3) is 5.91 Å². The second-order valence-electron chi connectivity index (χ2n) is 9.25. The minimum atomic E-state index is -1.29. The number of aliphatic hydroxyl groups is 1. The number of halogens is 1. The third-order valence-electron chi connectivity index (χ3n) is 6.32. The number of carbonyl (C=O) groups excluding carboxylic acids is 2. The van der Waals surface area contributed by atoms with Gasteiger partial charge in [-0.1, -0.05) is 0 Å². The smallest absolute Gasteiger partial charge is 0.325 e. The molecular weight excluding hydrogens is 389 g/mol. The van der Waals surface area contributed by atoms with Gasteiger partial charge in [-0.15, -0.1) is 0 Å². The number of rotatable bonds is 5. The van der Waals surface area contributed by atoms with Gasteiger partial charge in [0.2, 0.25) is 0 Å². The first-order chi connectivity index (χ1) is 14.2. The van der Waals surface area contributed by atoms with Crippen molar-refractivity contribution in [3.05, 3.63) is 29.6 Å². The molecule has 1 atom stereocenters. The molecule has 0 aliphatic carbocycles. The Morgan fingerprint density at radius 3 is 2.63 bits per heavy atom. The van der Waals surface area contributed by atoms with Crippen LogP contribution in [0.1, 0.15) is 51.5 Å². The molecule has 1 spiro atoms. The number of unbranched alkanes of at least 4 members (excludes halogenated alkanes) is 1. The summed E-state index contributed by atoms with van der Waals surface area (Å²) in [6.45, 7) is 6.69. The normalized spacial score (nSPS) is 26.6. The molecule has 1 unspecified atom stereocenters. The molecule has 3 aliphatic rings. The number of aliphatic hydroxyl groups excluding tert-OH is 1. The van der Waals surface area contributed by atoms with Crippen molar-refractivity contribution in [2.24, 2.45) is 0 Å². The third-order valence-corrected chi connectivity index (χ3v) is 6.32. The van der Waals surface area contributed by atoms with Gasteiger partial charge in [0.15, 0.2) is 5.54 Å². The van der Waals surface area contributed by atoms with Gasteiger partial charge in [0.1, 0.15) is 17.2 Å². The summed E-state index contributed by atoms with van der Waals surface area (Å²) in [6.07, 6.45) is 3.20. The highest BCUT2D eigenvalue weighted by molar-refractivity contribution is 6.08. The van der Waals surface area contributed by atoms with Gasteiger partial charge in [-0.25, -0.2) is 9.18 Å². The fourth-order valence-electron chi connectivity index (χ4n) is 4.87. The van der Waals surface area contributed by atoms with Crippen molar-refractivity contribution in [3.8, 4) is 5.75 Å². The van der Waals surface area contributed by atoms with Crippen LogP contribution in [0.5, 0.6) is 5.75 Å². The molecule has 30 heavy (non-hydrogen) atoms. The van der Waals surface area contributed by atoms with Crippen LogP contribution in [0.2, 0.25) is 0 Å². The number of imide groups is 1. The summed E-state index contributed by atoms with van der Waals surface area (Å²) in [5.74, 6) is -0.379. The second kappa shape index (κ2) is 7.81. The zero-order valence-corrected chi connectivity index (χ0v) is 17.6. The molecule has 3 aliphatic heterocycles. The van der Waals surface area contributed by atoms with E-state index in [0.717, 1.165) is 38.9 Å². The zero-order valence-electron chi connectivity index (χ0n) is 17.6. The molecule has 1 aromatic carbocycles. The molecule has 2 fully saturated rings. The number of likely N-dealkylation sites (tertiary alicyclic amines) is 1. The van der Waals surface area contributed by atoms with E-state index in [0.29, 0.717) is 24.3 Å². The first-order valence-corrected chi connectivity index (χ1v) is 10.7. The molecule has 7 nitrogen and oxygen atoms in total. The van der Waals surface area contributed by atoms with Gasteiger partial charge in [-0.3, -0.25) is 9.69 Å². The van der Waals surface area contributed by atoms with Crippen LogP contribution in [0, 0.1) is 5.82 Å². The van der Waals surface area contributed by atoms with Crippen molar-refractivity contribution in [1.82, 2.24) is 15.1 Å². The molecule has 0 saturated carbocycles. The number of hydrogen-bond acceptors (Lipinski definition) is 5. The molecule has 164 valence electrons. The second-order valence-corrected chi connectivity index (χ2v) is 9.25. The molecule has 0 bridgehead atoms. The van der Waals surface area contributed by atoms with Gasteiger partial charge in [0.05, 0.1) is 6.10 Å². The van der Waals surface area contributed by atoms with Crippen molar-refractivity contribution >= 4 is 11.9 Å². The van der Waals surface area contributed by atoms with Crippen LogP contribution in [0.3, 0.4) is 0 Å². The maximum Gasteiger partial charge on any atom is 0.325 e. The van der Waals surface area contributed by atoms with Crippen molar-refractivity contribution in [2.75, 3.05) is 26.2 Å². The van der Waals surface area contributed by atoms with E-state index in [1.807, 2.05) is 13.8 Å². The third kappa shape index (κ3) is 3.90. The molecule has 8 heteroatoms. The average Bonchev–Trinajstić information content (AvgIpc) is 2.91. The largest absolute Gasteiger partial charge is 0.487 e. The summed E-state index contributed by atoms with van der Waals surface area (Å²) < 4.78 is 19.9. The summed E-state index contributed by atoms with van der Waals surface area (Å²) in [4.78, 5) is 29.7. The van der Waals surface area contributed by atoms with Crippen LogP contribution in [-0.4, -0.2) is 64.7 Å². The summed E-state index contributed by atoms with van der Waals surface area (Å²) in [5.41, 5.74) is -1.59. The minimum Gasteiger partial charge on any atom is -0.487 e. The van der Waals surface area contributed by atoms with Crippen LogP contribution >= 0.6 is 0 Å². The summed E-state index contributed by atoms with van der Waals surface area (Å²) in [7, 11) is 0. The molecule has 4 rings (SSSR count). The Labute approximate surface area is 176 Å². The highest BCUT2D eigenvalue weighted by atomic mass is 19.1. The topological polar surface area (TPSA) is 82.1 Å². The lowest BCUT2D eigenvalue weighted by Gasteiger charge is -2.42. The van der Waals surface area contributed by atoms with E-state index in [4.69, 9.17) is 4.74 Å². The monoisotopic (exact) mass is 419 g/mol. The Balaban J connectivity index is 1.44. The summed E-state index contributed by atoms with van der Waals surface area (Å²) in [6, 6.07) is 3.67. The van der Waals surface area contributed by atoms with E-state index in [-0.39, 0.29) is 18.4 Å². The number of benzene rings is 1. The first-order valence-electron chi connectivity index (χ1n) is 10.7. The van der Waals surface area contributed by atoms with Crippen molar-refractivity contribution in [2.45, 2.75) is 63.2 Å². The molecule has 2 N–H and O–H groups in total. The van der Waals surface area contributed by atoms with Crippen LogP contribution in [0.25, 0.3) is 0 Å². The van der Waals surface area contributed by atoms with Crippen LogP contribution < -0.4 is 10.1 Å². The predicted molar refractivity (Wildman–Crippen MR) is 109 cm³/mol. The molecule has 1 aromatic rings. The highest BCUT2D eigenvalue weighted by Crippen LogP contribution is 2.46. The number of urea groups is 1. The van der Waals surface area contributed by atoms with Gasteiger partial charge in [-0.05, 0) is 64.3 Å². The van der Waals surface area contributed by atoms with E-state index >= 15 is 0 Å². The molecule has 0 radical (unpaired) electrons. The fraction of sp³-hybridized carbons (Fsp3) is 0.636. The lowest BCUT2D eigenvalue weighted by atomic mass is 9.77. The molecular formula is C22H30FN3O4. The standard InChI is InChI=1S/C22H30FN3O4/c1-21(2)14-22(17-13-15(23)5-6-18(17)30-21)19(28)26(20(29)24-22)10-4-3-9-25-11-7-16(27)8-12-25/h5-6,13,16,27H,3-4,7-12,14H2,1-2H3,(H,24,29). The Hall–Kier alpha value is -2.19. The number of ether oxygens (including phenoxy) is 1. The number of amides is 3. The molecule has 0 aromatic heterocycles. The van der Waals surface area contributed by atoms with Crippen LogP contribution in [0.15, 0.2) is 18.2 Å². The van der Waals surface area contributed by atoms with Gasteiger partial charge in [0, 0.05) is 31.6 Å². The fourth-order valence-corrected chi connectivity index (χ4v) is 4.87. The quantitative estimate of drug-likeness (QED) is 0.566. The molecule has 3 heterocycles. The van der Waals surface area contributed by atoms with Gasteiger partial charge >= 0.3 is 6.03 Å². The number of piperidine rings is 1. The average molecular weight is 419 g/mol. The number of fused-ring (bicyclic) bond motifs is 2. The Kier molecular flexibility index (Phi) is 5.48. The Morgan fingerprint density at radius 2 is 1.90 bits per heavy atom. The van der Waals surface area contributed by atoms with Crippen molar-refractivity contribution in [3.63, 3.8) is 0 Å². The van der Waals surface area contributed by atoms with Crippen LogP contribution in [-0.2, 0) is 10.3 Å². The van der Waals surface area contributed by atoms with E-state index in [1.54, 1.807) is 0 Å². The number of hydrogen-bond donors (Lipinski definition) is 2. The SMILES string of the molecule is CC1(C)CC2(NC(=O)N(CCCCN3CCC(O)CC3)C2=O)c2cc(F)ccc2O1. The van der Waals surface area contributed by atoms with Crippen molar-refractivity contribution in [1.29, 1.82) is 0 Å². The Bertz CT molecular complexity index is 838. The van der Waals surface area contributed by atoms with Crippen LogP contribution in [0.4, 0.5) is 9.18 Å². The first kappa shape index (κ1) is 21.1. The number of nitrogens with zero attached hydrogens (tertiary/aromatic N) is 2. The van der Waals surface area contributed by atoms with Gasteiger partial charge < -0.3 is 20.1 Å². The van der Waals surface area contributed by atoms with Crippen molar-refractivity contribution < 1.29 is 23.8 Å². The highest BCUT2D eigenvalue weighted by Gasteiger charge is 2.58.